The van der Waals surface area contributed by atoms with Gasteiger partial charge < -0.3 is 9.72 Å². The van der Waals surface area contributed by atoms with E-state index in [-0.39, 0.29) is 11.6 Å². The third kappa shape index (κ3) is 2.03. The summed E-state index contributed by atoms with van der Waals surface area (Å²) in [5, 5.41) is 5.27. The van der Waals surface area contributed by atoms with E-state index in [2.05, 4.69) is 26.0 Å². The minimum Gasteiger partial charge on any atom is -0.491 e. The van der Waals surface area contributed by atoms with Crippen LogP contribution in [-0.4, -0.2) is 21.4 Å². The lowest BCUT2D eigenvalue weighted by Gasteiger charge is -2.17. The van der Waals surface area contributed by atoms with Crippen LogP contribution < -0.4 is 10.3 Å². The first-order valence-electron chi connectivity index (χ1n) is 7.15. The second kappa shape index (κ2) is 5.24. The molecule has 0 amide bonds. The highest BCUT2D eigenvalue weighted by Crippen LogP contribution is 2.44. The number of hydrogen-bond acceptors (Lipinski definition) is 4. The molecule has 0 fully saturated rings. The van der Waals surface area contributed by atoms with Crippen LogP contribution in [0.3, 0.4) is 0 Å². The summed E-state index contributed by atoms with van der Waals surface area (Å²) in [6.07, 6.45) is 5.49. The van der Waals surface area contributed by atoms with Gasteiger partial charge in [0.15, 0.2) is 5.75 Å². The van der Waals surface area contributed by atoms with Crippen LogP contribution in [0.2, 0.25) is 0 Å². The molecule has 4 heterocycles. The van der Waals surface area contributed by atoms with Crippen LogP contribution >= 0.6 is 27.3 Å². The number of nitrogens with zero attached hydrogens (tertiary/aromatic N) is 2. The molecule has 0 spiro atoms. The minimum atomic E-state index is -0.0600. The molecule has 1 atom stereocenters. The Labute approximate surface area is 139 Å². The lowest BCUT2D eigenvalue weighted by Crippen LogP contribution is -2.18. The summed E-state index contributed by atoms with van der Waals surface area (Å²) in [5.74, 6) is 0.813. The zero-order valence-corrected chi connectivity index (χ0v) is 14.3. The lowest BCUT2D eigenvalue weighted by atomic mass is 10.0. The summed E-state index contributed by atoms with van der Waals surface area (Å²) in [5.41, 5.74) is 2.04. The van der Waals surface area contributed by atoms with E-state index in [9.17, 15) is 4.79 Å². The van der Waals surface area contributed by atoms with E-state index < -0.39 is 0 Å². The number of halogens is 1. The molecule has 22 heavy (non-hydrogen) atoms. The molecular formula is C15H14BrN3O2S. The molecule has 1 aliphatic heterocycles. The van der Waals surface area contributed by atoms with Crippen LogP contribution in [0.15, 0.2) is 27.0 Å². The average molecular weight is 380 g/mol. The van der Waals surface area contributed by atoms with Gasteiger partial charge >= 0.3 is 0 Å². The molecule has 114 valence electrons. The summed E-state index contributed by atoms with van der Waals surface area (Å²) >= 11 is 4.97. The molecule has 1 N–H and O–H groups in total. The minimum absolute atomic E-state index is 0.0216. The largest absolute Gasteiger partial charge is 0.491 e. The van der Waals surface area contributed by atoms with Crippen molar-refractivity contribution in [2.45, 2.75) is 25.8 Å². The van der Waals surface area contributed by atoms with Crippen LogP contribution in [0.4, 0.5) is 0 Å². The van der Waals surface area contributed by atoms with Gasteiger partial charge in [0.1, 0.15) is 8.49 Å². The zero-order chi connectivity index (χ0) is 15.3. The Morgan fingerprint density at radius 1 is 1.55 bits per heavy atom. The Morgan fingerprint density at radius 2 is 2.41 bits per heavy atom. The van der Waals surface area contributed by atoms with Gasteiger partial charge in [-0.25, -0.2) is 0 Å². The van der Waals surface area contributed by atoms with Crippen molar-refractivity contribution < 1.29 is 4.74 Å². The van der Waals surface area contributed by atoms with Gasteiger partial charge in [-0.2, -0.15) is 5.10 Å². The Kier molecular flexibility index (Phi) is 3.34. The Hall–Kier alpha value is -1.60. The summed E-state index contributed by atoms with van der Waals surface area (Å²) in [6.45, 7) is 2.72. The first-order valence-corrected chi connectivity index (χ1v) is 8.76. The number of aromatic nitrogens is 3. The second-order valence-corrected chi connectivity index (χ2v) is 7.71. The molecule has 4 rings (SSSR count). The van der Waals surface area contributed by atoms with Crippen LogP contribution in [0.25, 0.3) is 10.1 Å². The van der Waals surface area contributed by atoms with E-state index >= 15 is 0 Å². The maximum absolute atomic E-state index is 12.5. The molecule has 1 unspecified atom stereocenters. The molecular weight excluding hydrogens is 366 g/mol. The van der Waals surface area contributed by atoms with Crippen molar-refractivity contribution in [2.24, 2.45) is 0 Å². The maximum atomic E-state index is 12.5. The van der Waals surface area contributed by atoms with Crippen molar-refractivity contribution in [2.75, 3.05) is 6.61 Å². The summed E-state index contributed by atoms with van der Waals surface area (Å²) in [4.78, 5) is 15.6. The van der Waals surface area contributed by atoms with Crippen molar-refractivity contribution >= 4 is 37.4 Å². The second-order valence-electron chi connectivity index (χ2n) is 5.37. The predicted molar refractivity (Wildman–Crippen MR) is 90.0 cm³/mol. The van der Waals surface area contributed by atoms with E-state index in [4.69, 9.17) is 4.74 Å². The zero-order valence-electron chi connectivity index (χ0n) is 11.9. The highest BCUT2D eigenvalue weighted by atomic mass is 79.9. The van der Waals surface area contributed by atoms with Crippen molar-refractivity contribution in [3.63, 3.8) is 0 Å². The molecule has 5 nitrogen and oxygen atoms in total. The van der Waals surface area contributed by atoms with E-state index in [1.54, 1.807) is 6.20 Å². The highest BCUT2D eigenvalue weighted by Gasteiger charge is 2.25. The third-order valence-corrected chi connectivity index (χ3v) is 5.87. The topological polar surface area (TPSA) is 59.9 Å². The number of rotatable bonds is 2. The standard InChI is InChI=1S/C15H14BrN3O2S/c1-8(19-6-3-5-17-19)11-9-4-2-7-21-12-10(9)13(15(20)18-11)22-14(12)16/h3,5-6,8H,2,4,7H2,1H3,(H,18,20). The highest BCUT2D eigenvalue weighted by molar-refractivity contribution is 9.11. The van der Waals surface area contributed by atoms with Crippen LogP contribution in [0.5, 0.6) is 5.75 Å². The molecule has 1 aliphatic rings. The van der Waals surface area contributed by atoms with E-state index in [1.807, 2.05) is 23.9 Å². The van der Waals surface area contributed by atoms with Crippen molar-refractivity contribution in [1.29, 1.82) is 0 Å². The van der Waals surface area contributed by atoms with E-state index in [0.717, 1.165) is 38.2 Å². The number of hydrogen-bond donors (Lipinski definition) is 1. The van der Waals surface area contributed by atoms with Gasteiger partial charge in [-0.3, -0.25) is 9.48 Å². The molecule has 0 aliphatic carbocycles. The van der Waals surface area contributed by atoms with Gasteiger partial charge in [0, 0.05) is 23.5 Å². The number of aromatic amines is 1. The number of thiophene rings is 1. The fourth-order valence-corrected chi connectivity index (χ4v) is 4.71. The number of H-pyrrole nitrogens is 1. The summed E-state index contributed by atoms with van der Waals surface area (Å²) in [7, 11) is 0. The van der Waals surface area contributed by atoms with Gasteiger partial charge in [-0.15, -0.1) is 11.3 Å². The van der Waals surface area contributed by atoms with Crippen LogP contribution in [0, 0.1) is 0 Å². The first-order chi connectivity index (χ1) is 10.7. The molecule has 0 saturated heterocycles. The van der Waals surface area contributed by atoms with Crippen molar-refractivity contribution in [3.8, 4) is 5.75 Å². The molecule has 3 aromatic heterocycles. The Morgan fingerprint density at radius 3 is 3.18 bits per heavy atom. The predicted octanol–water partition coefficient (Wildman–Crippen LogP) is 3.48. The van der Waals surface area contributed by atoms with Crippen molar-refractivity contribution in [1.82, 2.24) is 14.8 Å². The quantitative estimate of drug-likeness (QED) is 0.741. The van der Waals surface area contributed by atoms with Gasteiger partial charge in [0.25, 0.3) is 5.56 Å². The fraction of sp³-hybridized carbons (Fsp3) is 0.333. The Balaban J connectivity index is 2.03. The molecule has 0 aromatic carbocycles. The van der Waals surface area contributed by atoms with Gasteiger partial charge in [-0.05, 0) is 47.3 Å². The lowest BCUT2D eigenvalue weighted by molar-refractivity contribution is 0.318. The molecule has 0 saturated carbocycles. The van der Waals surface area contributed by atoms with Crippen molar-refractivity contribution in [3.05, 3.63) is 43.9 Å². The average Bonchev–Trinajstić information content (AvgIpc) is 3.08. The van der Waals surface area contributed by atoms with E-state index in [1.165, 1.54) is 16.9 Å². The first kappa shape index (κ1) is 14.0. The van der Waals surface area contributed by atoms with Crippen LogP contribution in [-0.2, 0) is 6.42 Å². The fourth-order valence-electron chi connectivity index (χ4n) is 3.02. The third-order valence-electron chi connectivity index (χ3n) is 4.06. The number of aryl methyl sites for hydroxylation is 1. The normalized spacial score (nSPS) is 15.5. The smallest absolute Gasteiger partial charge is 0.266 e. The van der Waals surface area contributed by atoms with E-state index in [0.29, 0.717) is 6.61 Å². The number of nitrogens with one attached hydrogen (secondary N) is 1. The number of pyridine rings is 1. The molecule has 0 radical (unpaired) electrons. The number of ether oxygens (including phenoxy) is 1. The van der Waals surface area contributed by atoms with Crippen LogP contribution in [0.1, 0.15) is 30.6 Å². The molecule has 0 bridgehead atoms. The molecule has 7 heteroatoms. The SMILES string of the molecule is CC(c1[nH]c(=O)c2sc(Br)c3c2c1CCCO3)n1cccn1. The summed E-state index contributed by atoms with van der Waals surface area (Å²) < 4.78 is 9.34. The Bertz CT molecular complexity index is 898. The monoisotopic (exact) mass is 379 g/mol. The maximum Gasteiger partial charge on any atom is 0.266 e. The molecule has 3 aromatic rings. The van der Waals surface area contributed by atoms with Gasteiger partial charge in [0.05, 0.1) is 12.6 Å². The van der Waals surface area contributed by atoms with Gasteiger partial charge in [0.2, 0.25) is 0 Å². The summed E-state index contributed by atoms with van der Waals surface area (Å²) in [6, 6.07) is 1.87. The van der Waals surface area contributed by atoms with Gasteiger partial charge in [-0.1, -0.05) is 0 Å².